The van der Waals surface area contributed by atoms with Crippen molar-refractivity contribution in [2.24, 2.45) is 5.10 Å². The molecule has 0 radical (unpaired) electrons. The molecule has 2 aromatic carbocycles. The SMILES string of the molecule is CCOc1cc([C@H]2NC(=O)NC(C)=C2C(=O)OC)ccc1OC[C@@H](O)N/N=C\c1cc(Br)c(OCC#N)c(I)c1. The summed E-state index contributed by atoms with van der Waals surface area (Å²) >= 11 is 5.51. The van der Waals surface area contributed by atoms with Gasteiger partial charge in [-0.3, -0.25) is 5.43 Å². The molecule has 1 aliphatic heterocycles. The Hall–Kier alpha value is -3.55. The van der Waals surface area contributed by atoms with Crippen LogP contribution in [0.5, 0.6) is 17.2 Å². The van der Waals surface area contributed by atoms with E-state index in [1.165, 1.54) is 13.3 Å². The van der Waals surface area contributed by atoms with Crippen LogP contribution in [-0.4, -0.2) is 56.5 Å². The normalized spacial score (nSPS) is 15.5. The molecular weight excluding hydrogens is 701 g/mol. The Bertz CT molecular complexity index is 1340. The number of esters is 1. The highest BCUT2D eigenvalue weighted by Crippen LogP contribution is 2.35. The molecule has 2 amide bonds. The lowest BCUT2D eigenvalue weighted by Crippen LogP contribution is -2.45. The van der Waals surface area contributed by atoms with Crippen LogP contribution < -0.4 is 30.3 Å². The number of hydrazone groups is 1. The zero-order valence-electron chi connectivity index (χ0n) is 21.8. The quantitative estimate of drug-likeness (QED) is 0.0843. The molecule has 0 unspecified atom stereocenters. The molecule has 1 aliphatic rings. The number of benzene rings is 2. The van der Waals surface area contributed by atoms with Crippen LogP contribution in [0.2, 0.25) is 0 Å². The number of nitriles is 1. The maximum Gasteiger partial charge on any atom is 0.337 e. The number of carbonyl (C=O) groups is 2. The standard InChI is InChI=1S/C26H27BrIN5O7/c1-4-38-20-11-16(23-22(25(35)37-3)14(2)31-26(36)32-23)5-6-19(20)40-13-21(34)33-30-12-15-9-17(27)24(18(28)10-15)39-8-7-29/h5-6,9-12,21,23,33-34H,4,8,13H2,1-3H3,(H2,31,32,36)/b30-12-/t21-,23-/m1/s1. The van der Waals surface area contributed by atoms with E-state index in [1.807, 2.05) is 12.1 Å². The van der Waals surface area contributed by atoms with Crippen LogP contribution >= 0.6 is 38.5 Å². The van der Waals surface area contributed by atoms with Gasteiger partial charge in [0, 0.05) is 5.70 Å². The molecule has 4 N–H and O–H groups in total. The minimum Gasteiger partial charge on any atom is -0.490 e. The number of methoxy groups -OCH3 is 1. The number of aliphatic hydroxyl groups is 1. The smallest absolute Gasteiger partial charge is 0.337 e. The van der Waals surface area contributed by atoms with E-state index in [2.05, 4.69) is 59.7 Å². The molecule has 0 aliphatic carbocycles. The number of rotatable bonds is 12. The molecule has 1 heterocycles. The number of nitrogens with one attached hydrogen (secondary N) is 3. The number of amides is 2. The van der Waals surface area contributed by atoms with Crippen molar-refractivity contribution in [1.29, 1.82) is 5.26 Å². The van der Waals surface area contributed by atoms with Gasteiger partial charge < -0.3 is 34.7 Å². The number of halogens is 2. The number of nitrogens with zero attached hydrogens (tertiary/aromatic N) is 2. The second-order valence-electron chi connectivity index (χ2n) is 8.18. The molecule has 0 saturated heterocycles. The fourth-order valence-electron chi connectivity index (χ4n) is 3.72. The minimum absolute atomic E-state index is 0.0661. The third-order valence-corrected chi connectivity index (χ3v) is 6.80. The highest BCUT2D eigenvalue weighted by atomic mass is 127. The molecule has 212 valence electrons. The molecule has 0 fully saturated rings. The van der Waals surface area contributed by atoms with Crippen LogP contribution in [-0.2, 0) is 9.53 Å². The van der Waals surface area contributed by atoms with Crippen molar-refractivity contribution in [2.75, 3.05) is 26.9 Å². The molecular formula is C26H27BrIN5O7. The van der Waals surface area contributed by atoms with Crippen LogP contribution in [0.4, 0.5) is 4.79 Å². The summed E-state index contributed by atoms with van der Waals surface area (Å²) in [4.78, 5) is 24.5. The zero-order valence-corrected chi connectivity index (χ0v) is 25.5. The monoisotopic (exact) mass is 727 g/mol. The Morgan fingerprint density at radius 1 is 1.30 bits per heavy atom. The van der Waals surface area contributed by atoms with Crippen molar-refractivity contribution in [3.63, 3.8) is 0 Å². The highest BCUT2D eigenvalue weighted by Gasteiger charge is 2.32. The van der Waals surface area contributed by atoms with Crippen molar-refractivity contribution in [1.82, 2.24) is 16.1 Å². The number of ether oxygens (including phenoxy) is 4. The first kappa shape index (κ1) is 31.0. The van der Waals surface area contributed by atoms with Gasteiger partial charge in [-0.2, -0.15) is 10.4 Å². The highest BCUT2D eigenvalue weighted by molar-refractivity contribution is 14.1. The van der Waals surface area contributed by atoms with Crippen LogP contribution in [0.25, 0.3) is 0 Å². The first-order chi connectivity index (χ1) is 19.2. The van der Waals surface area contributed by atoms with Gasteiger partial charge in [0.25, 0.3) is 0 Å². The van der Waals surface area contributed by atoms with Gasteiger partial charge >= 0.3 is 12.0 Å². The molecule has 3 rings (SSSR count). The van der Waals surface area contributed by atoms with E-state index in [4.69, 9.17) is 24.2 Å². The Labute approximate surface area is 253 Å². The first-order valence-corrected chi connectivity index (χ1v) is 13.8. The van der Waals surface area contributed by atoms with Crippen molar-refractivity contribution in [3.05, 3.63) is 60.8 Å². The average molecular weight is 728 g/mol. The van der Waals surface area contributed by atoms with Crippen LogP contribution in [0, 0.1) is 14.9 Å². The van der Waals surface area contributed by atoms with Crippen molar-refractivity contribution in [2.45, 2.75) is 26.1 Å². The van der Waals surface area contributed by atoms with Crippen molar-refractivity contribution < 1.29 is 33.6 Å². The van der Waals surface area contributed by atoms with E-state index in [1.54, 1.807) is 38.1 Å². The summed E-state index contributed by atoms with van der Waals surface area (Å²) in [5.74, 6) is 0.700. The minimum atomic E-state index is -1.15. The van der Waals surface area contributed by atoms with Gasteiger partial charge in [-0.25, -0.2) is 9.59 Å². The van der Waals surface area contributed by atoms with Gasteiger partial charge in [-0.05, 0) is 87.8 Å². The predicted octanol–water partition coefficient (Wildman–Crippen LogP) is 3.48. The molecule has 0 bridgehead atoms. The summed E-state index contributed by atoms with van der Waals surface area (Å²) in [6.45, 7) is 3.53. The summed E-state index contributed by atoms with van der Waals surface area (Å²) in [6, 6.07) is 9.28. The Kier molecular flexibility index (Phi) is 11.4. The topological polar surface area (TPSA) is 164 Å². The zero-order chi connectivity index (χ0) is 29.2. The maximum absolute atomic E-state index is 12.4. The third kappa shape index (κ3) is 7.99. The van der Waals surface area contributed by atoms with Crippen LogP contribution in [0.15, 0.2) is 51.2 Å². The van der Waals surface area contributed by atoms with Crippen molar-refractivity contribution >= 4 is 56.7 Å². The predicted molar refractivity (Wildman–Crippen MR) is 157 cm³/mol. The summed E-state index contributed by atoms with van der Waals surface area (Å²) in [5.41, 5.74) is 4.56. The van der Waals surface area contributed by atoms with Gasteiger partial charge in [0.1, 0.15) is 18.4 Å². The Balaban J connectivity index is 1.68. The maximum atomic E-state index is 12.4. The molecule has 2 atom stereocenters. The molecule has 14 heteroatoms. The van der Waals surface area contributed by atoms with E-state index >= 15 is 0 Å². The van der Waals surface area contributed by atoms with E-state index in [-0.39, 0.29) is 18.8 Å². The number of urea groups is 1. The van der Waals surface area contributed by atoms with Crippen LogP contribution in [0.1, 0.15) is 31.0 Å². The largest absolute Gasteiger partial charge is 0.490 e. The van der Waals surface area contributed by atoms with Crippen molar-refractivity contribution in [3.8, 4) is 23.3 Å². The lowest BCUT2D eigenvalue weighted by Gasteiger charge is -2.28. The fourth-order valence-corrected chi connectivity index (χ4v) is 5.49. The van der Waals surface area contributed by atoms with E-state index < -0.39 is 24.3 Å². The molecule has 0 spiro atoms. The van der Waals surface area contributed by atoms with Gasteiger partial charge in [0.15, 0.2) is 24.3 Å². The van der Waals surface area contributed by atoms with E-state index in [9.17, 15) is 14.7 Å². The summed E-state index contributed by atoms with van der Waals surface area (Å²) in [7, 11) is 1.27. The third-order valence-electron chi connectivity index (χ3n) is 5.41. The molecule has 2 aromatic rings. The lowest BCUT2D eigenvalue weighted by molar-refractivity contribution is -0.136. The molecule has 0 aromatic heterocycles. The Morgan fingerprint density at radius 2 is 2.08 bits per heavy atom. The van der Waals surface area contributed by atoms with E-state index in [0.29, 0.717) is 39.6 Å². The summed E-state index contributed by atoms with van der Waals surface area (Å²) in [5, 5.41) is 28.4. The number of carbonyl (C=O) groups excluding carboxylic acids is 2. The summed E-state index contributed by atoms with van der Waals surface area (Å²) in [6.07, 6.45) is 0.373. The molecule has 12 nitrogen and oxygen atoms in total. The second-order valence-corrected chi connectivity index (χ2v) is 10.2. The second kappa shape index (κ2) is 14.7. The molecule has 40 heavy (non-hydrogen) atoms. The average Bonchev–Trinajstić information content (AvgIpc) is 2.91. The van der Waals surface area contributed by atoms with Gasteiger partial charge in [0.2, 0.25) is 0 Å². The van der Waals surface area contributed by atoms with Gasteiger partial charge in [-0.1, -0.05) is 6.07 Å². The fraction of sp³-hybridized carbons (Fsp3) is 0.308. The molecule has 0 saturated carbocycles. The Morgan fingerprint density at radius 3 is 2.75 bits per heavy atom. The van der Waals surface area contributed by atoms with E-state index in [0.717, 1.165) is 9.13 Å². The first-order valence-electron chi connectivity index (χ1n) is 11.9. The van der Waals surface area contributed by atoms with Gasteiger partial charge in [0.05, 0.1) is 39.6 Å². The summed E-state index contributed by atoms with van der Waals surface area (Å²) < 4.78 is 23.2. The number of hydrogen-bond donors (Lipinski definition) is 4. The van der Waals surface area contributed by atoms with Gasteiger partial charge in [-0.15, -0.1) is 0 Å². The lowest BCUT2D eigenvalue weighted by atomic mass is 9.95. The number of allylic oxidation sites excluding steroid dienone is 1. The number of hydrogen-bond acceptors (Lipinski definition) is 10. The number of aliphatic hydroxyl groups excluding tert-OH is 1. The van der Waals surface area contributed by atoms with Crippen LogP contribution in [0.3, 0.4) is 0 Å².